The molecule has 0 aliphatic heterocycles. The molecule has 0 aromatic heterocycles. The zero-order chi connectivity index (χ0) is 13.0. The number of hydrazine groups is 1. The Balaban J connectivity index is 2.90. The van der Waals surface area contributed by atoms with E-state index in [1.807, 2.05) is 39.0 Å². The van der Waals surface area contributed by atoms with E-state index in [0.29, 0.717) is 0 Å². The summed E-state index contributed by atoms with van der Waals surface area (Å²) in [5, 5.41) is -0.192. The number of benzene rings is 1. The summed E-state index contributed by atoms with van der Waals surface area (Å²) in [7, 11) is 0. The SMILES string of the molecule is Cc1cc(N)ccc1SC(C(=O)NN)C(C)C. The number of thioether (sulfide) groups is 1. The molecule has 1 aromatic carbocycles. The lowest BCUT2D eigenvalue weighted by atomic mass is 10.1. The zero-order valence-corrected chi connectivity index (χ0v) is 11.2. The summed E-state index contributed by atoms with van der Waals surface area (Å²) in [4.78, 5) is 12.7. The molecule has 1 atom stereocenters. The van der Waals surface area contributed by atoms with Gasteiger partial charge in [0.2, 0.25) is 5.91 Å². The fourth-order valence-electron chi connectivity index (χ4n) is 1.52. The minimum atomic E-state index is -0.192. The van der Waals surface area contributed by atoms with Crippen LogP contribution in [0.25, 0.3) is 0 Å². The average Bonchev–Trinajstić information content (AvgIpc) is 2.26. The van der Waals surface area contributed by atoms with Crippen LogP contribution in [-0.2, 0) is 4.79 Å². The van der Waals surface area contributed by atoms with Crippen molar-refractivity contribution >= 4 is 23.4 Å². The van der Waals surface area contributed by atoms with Gasteiger partial charge in [-0.2, -0.15) is 0 Å². The molecule has 0 bridgehead atoms. The third-order valence-electron chi connectivity index (χ3n) is 2.46. The molecule has 1 amide bonds. The molecule has 1 aromatic rings. The number of carbonyl (C=O) groups is 1. The van der Waals surface area contributed by atoms with Crippen LogP contribution in [0.2, 0.25) is 0 Å². The number of rotatable bonds is 4. The Morgan fingerprint density at radius 1 is 1.41 bits per heavy atom. The van der Waals surface area contributed by atoms with Gasteiger partial charge in [-0.3, -0.25) is 10.2 Å². The average molecular weight is 253 g/mol. The van der Waals surface area contributed by atoms with Crippen molar-refractivity contribution < 1.29 is 4.79 Å². The fraction of sp³-hybridized carbons (Fsp3) is 0.417. The van der Waals surface area contributed by atoms with Crippen molar-refractivity contribution in [3.63, 3.8) is 0 Å². The van der Waals surface area contributed by atoms with E-state index in [1.165, 1.54) is 11.8 Å². The topological polar surface area (TPSA) is 81.1 Å². The number of hydrogen-bond donors (Lipinski definition) is 3. The molecule has 5 N–H and O–H groups in total. The van der Waals surface area contributed by atoms with Crippen molar-refractivity contribution in [3.05, 3.63) is 23.8 Å². The highest BCUT2D eigenvalue weighted by Crippen LogP contribution is 2.31. The number of nitrogen functional groups attached to an aromatic ring is 1. The Hall–Kier alpha value is -1.20. The summed E-state index contributed by atoms with van der Waals surface area (Å²) >= 11 is 1.52. The third kappa shape index (κ3) is 3.64. The van der Waals surface area contributed by atoms with Crippen molar-refractivity contribution in [1.82, 2.24) is 5.43 Å². The molecule has 0 heterocycles. The number of hydrogen-bond acceptors (Lipinski definition) is 4. The Kier molecular flexibility index (Phi) is 4.84. The van der Waals surface area contributed by atoms with Gasteiger partial charge in [0.25, 0.3) is 0 Å². The minimum absolute atomic E-state index is 0.152. The molecular formula is C12H19N3OS. The van der Waals surface area contributed by atoms with Crippen molar-refractivity contribution in [2.75, 3.05) is 5.73 Å². The van der Waals surface area contributed by atoms with Gasteiger partial charge in [0, 0.05) is 10.6 Å². The lowest BCUT2D eigenvalue weighted by Crippen LogP contribution is -2.39. The third-order valence-corrected chi connectivity index (χ3v) is 4.18. The molecule has 94 valence electrons. The van der Waals surface area contributed by atoms with Gasteiger partial charge in [0.1, 0.15) is 0 Å². The van der Waals surface area contributed by atoms with Crippen LogP contribution in [0.15, 0.2) is 23.1 Å². The van der Waals surface area contributed by atoms with Crippen LogP contribution in [0.4, 0.5) is 5.69 Å². The van der Waals surface area contributed by atoms with E-state index in [1.54, 1.807) is 0 Å². The molecule has 0 saturated carbocycles. The standard InChI is InChI=1S/C12H19N3OS/c1-7(2)11(12(16)15-14)17-10-5-4-9(13)6-8(10)3/h4-7,11H,13-14H2,1-3H3,(H,15,16). The summed E-state index contributed by atoms with van der Waals surface area (Å²) in [6, 6.07) is 5.68. The molecule has 4 nitrogen and oxygen atoms in total. The smallest absolute Gasteiger partial charge is 0.247 e. The summed E-state index contributed by atoms with van der Waals surface area (Å²) in [5.74, 6) is 5.25. The summed E-state index contributed by atoms with van der Waals surface area (Å²) in [6.07, 6.45) is 0. The number of aryl methyl sites for hydroxylation is 1. The number of amides is 1. The Bertz CT molecular complexity index is 407. The second kappa shape index (κ2) is 5.93. The lowest BCUT2D eigenvalue weighted by Gasteiger charge is -2.19. The van der Waals surface area contributed by atoms with Crippen LogP contribution in [0.5, 0.6) is 0 Å². The van der Waals surface area contributed by atoms with Crippen LogP contribution >= 0.6 is 11.8 Å². The van der Waals surface area contributed by atoms with E-state index >= 15 is 0 Å². The van der Waals surface area contributed by atoms with E-state index in [4.69, 9.17) is 11.6 Å². The first-order valence-electron chi connectivity index (χ1n) is 5.49. The Morgan fingerprint density at radius 3 is 2.53 bits per heavy atom. The zero-order valence-electron chi connectivity index (χ0n) is 10.4. The van der Waals surface area contributed by atoms with Gasteiger partial charge in [0.05, 0.1) is 5.25 Å². The van der Waals surface area contributed by atoms with Gasteiger partial charge in [-0.15, -0.1) is 11.8 Å². The monoisotopic (exact) mass is 253 g/mol. The molecule has 1 unspecified atom stereocenters. The molecule has 0 aliphatic rings. The molecule has 17 heavy (non-hydrogen) atoms. The van der Waals surface area contributed by atoms with Crippen molar-refractivity contribution in [2.24, 2.45) is 11.8 Å². The quantitative estimate of drug-likeness (QED) is 0.251. The first-order valence-corrected chi connectivity index (χ1v) is 6.37. The van der Waals surface area contributed by atoms with E-state index < -0.39 is 0 Å². The van der Waals surface area contributed by atoms with Crippen LogP contribution < -0.4 is 17.0 Å². The van der Waals surface area contributed by atoms with Crippen LogP contribution in [0, 0.1) is 12.8 Å². The van der Waals surface area contributed by atoms with Crippen LogP contribution in [-0.4, -0.2) is 11.2 Å². The molecule has 0 radical (unpaired) electrons. The molecule has 0 fully saturated rings. The van der Waals surface area contributed by atoms with E-state index in [0.717, 1.165) is 16.1 Å². The van der Waals surface area contributed by atoms with Gasteiger partial charge in [-0.25, -0.2) is 5.84 Å². The fourth-order valence-corrected chi connectivity index (χ4v) is 2.63. The molecule has 0 spiro atoms. The molecule has 0 aliphatic carbocycles. The second-order valence-electron chi connectivity index (χ2n) is 4.32. The first-order chi connectivity index (χ1) is 7.95. The molecule has 5 heteroatoms. The van der Waals surface area contributed by atoms with Crippen molar-refractivity contribution in [1.29, 1.82) is 0 Å². The number of carbonyl (C=O) groups excluding carboxylic acids is 1. The van der Waals surface area contributed by atoms with Gasteiger partial charge in [0.15, 0.2) is 0 Å². The van der Waals surface area contributed by atoms with Crippen molar-refractivity contribution in [2.45, 2.75) is 30.9 Å². The van der Waals surface area contributed by atoms with Gasteiger partial charge in [-0.1, -0.05) is 13.8 Å². The number of nitrogens with one attached hydrogen (secondary N) is 1. The largest absolute Gasteiger partial charge is 0.399 e. The summed E-state index contributed by atoms with van der Waals surface area (Å²) in [5.41, 5.74) is 9.72. The van der Waals surface area contributed by atoms with Crippen LogP contribution in [0.1, 0.15) is 19.4 Å². The summed E-state index contributed by atoms with van der Waals surface area (Å²) < 4.78 is 0. The van der Waals surface area contributed by atoms with Gasteiger partial charge < -0.3 is 5.73 Å². The number of nitrogens with two attached hydrogens (primary N) is 2. The van der Waals surface area contributed by atoms with Gasteiger partial charge >= 0.3 is 0 Å². The maximum atomic E-state index is 11.7. The van der Waals surface area contributed by atoms with E-state index in [-0.39, 0.29) is 17.1 Å². The highest BCUT2D eigenvalue weighted by molar-refractivity contribution is 8.00. The van der Waals surface area contributed by atoms with Gasteiger partial charge in [-0.05, 0) is 36.6 Å². The molecule has 0 saturated heterocycles. The second-order valence-corrected chi connectivity index (χ2v) is 5.50. The predicted molar refractivity (Wildman–Crippen MR) is 72.4 cm³/mol. The molecule has 1 rings (SSSR count). The lowest BCUT2D eigenvalue weighted by molar-refractivity contribution is -0.121. The van der Waals surface area contributed by atoms with E-state index in [2.05, 4.69) is 5.43 Å². The number of anilines is 1. The maximum Gasteiger partial charge on any atom is 0.247 e. The Labute approximate surface area is 106 Å². The van der Waals surface area contributed by atoms with E-state index in [9.17, 15) is 4.79 Å². The highest BCUT2D eigenvalue weighted by atomic mass is 32.2. The first kappa shape index (κ1) is 13.9. The van der Waals surface area contributed by atoms with Crippen LogP contribution in [0.3, 0.4) is 0 Å². The highest BCUT2D eigenvalue weighted by Gasteiger charge is 2.23. The Morgan fingerprint density at radius 2 is 2.06 bits per heavy atom. The predicted octanol–water partition coefficient (Wildman–Crippen LogP) is 1.68. The summed E-state index contributed by atoms with van der Waals surface area (Å²) in [6.45, 7) is 5.98. The normalized spacial score (nSPS) is 12.5. The maximum absolute atomic E-state index is 11.7. The van der Waals surface area contributed by atoms with Crippen molar-refractivity contribution in [3.8, 4) is 0 Å². The molecular weight excluding hydrogens is 234 g/mol. The minimum Gasteiger partial charge on any atom is -0.399 e.